The molecule has 38 heavy (non-hydrogen) atoms. The van der Waals surface area contributed by atoms with Gasteiger partial charge in [-0.25, -0.2) is 0 Å². The highest BCUT2D eigenvalue weighted by atomic mass is 35.5. The first-order valence-electron chi connectivity index (χ1n) is 13.2. The van der Waals surface area contributed by atoms with Gasteiger partial charge in [0.2, 0.25) is 17.7 Å². The Morgan fingerprint density at radius 3 is 2.42 bits per heavy atom. The van der Waals surface area contributed by atoms with Gasteiger partial charge < -0.3 is 20.6 Å². The lowest BCUT2D eigenvalue weighted by molar-refractivity contribution is -0.142. The zero-order valence-corrected chi connectivity index (χ0v) is 23.4. The number of aliphatic hydroxyl groups is 1. The molecule has 3 aliphatic rings. The highest BCUT2D eigenvalue weighted by Crippen LogP contribution is 2.71. The quantitative estimate of drug-likeness (QED) is 0.434. The van der Waals surface area contributed by atoms with Crippen LogP contribution in [-0.2, 0) is 14.4 Å². The summed E-state index contributed by atoms with van der Waals surface area (Å²) in [6.45, 7) is 5.83. The van der Waals surface area contributed by atoms with Crippen LogP contribution in [0.3, 0.4) is 0 Å². The molecule has 7 nitrogen and oxygen atoms in total. The third-order valence-electron chi connectivity index (χ3n) is 8.27. The van der Waals surface area contributed by atoms with Crippen LogP contribution in [0.15, 0.2) is 54.6 Å². The first-order valence-corrected chi connectivity index (χ1v) is 14.4. The lowest BCUT2D eigenvalue weighted by Crippen LogP contribution is -2.55. The van der Waals surface area contributed by atoms with Crippen molar-refractivity contribution in [2.75, 3.05) is 17.2 Å². The van der Waals surface area contributed by atoms with Crippen molar-refractivity contribution in [3.05, 3.63) is 59.6 Å². The fourth-order valence-corrected chi connectivity index (χ4v) is 9.31. The first kappa shape index (κ1) is 27.0. The molecule has 3 saturated heterocycles. The summed E-state index contributed by atoms with van der Waals surface area (Å²) in [6, 6.07) is 14.9. The van der Waals surface area contributed by atoms with Gasteiger partial charge >= 0.3 is 0 Å². The van der Waals surface area contributed by atoms with Crippen LogP contribution in [0.4, 0.5) is 11.4 Å². The molecule has 3 N–H and O–H groups in total. The molecule has 2 aromatic carbocycles. The van der Waals surface area contributed by atoms with E-state index in [1.54, 1.807) is 40.9 Å². The van der Waals surface area contributed by atoms with Gasteiger partial charge in [-0.05, 0) is 56.4 Å². The average molecular weight is 556 g/mol. The third-order valence-corrected chi connectivity index (χ3v) is 10.6. The van der Waals surface area contributed by atoms with E-state index >= 15 is 0 Å². The number of hydrogen-bond donors (Lipinski definition) is 3. The predicted octanol–water partition coefficient (Wildman–Crippen LogP) is 4.81. The predicted molar refractivity (Wildman–Crippen MR) is 151 cm³/mol. The normalized spacial score (nSPS) is 30.4. The van der Waals surface area contributed by atoms with E-state index in [0.717, 1.165) is 0 Å². The second-order valence-electron chi connectivity index (χ2n) is 11.3. The van der Waals surface area contributed by atoms with Crippen molar-refractivity contribution in [1.82, 2.24) is 4.90 Å². The van der Waals surface area contributed by atoms with Crippen molar-refractivity contribution in [3.8, 4) is 0 Å². The number of halogens is 1. The molecule has 2 unspecified atom stereocenters. The highest BCUT2D eigenvalue weighted by molar-refractivity contribution is 8.02. The van der Waals surface area contributed by atoms with Crippen LogP contribution in [0.25, 0.3) is 0 Å². The number of thioether (sulfide) groups is 1. The number of carbonyl (C=O) groups excluding carboxylic acids is 3. The Bertz CT molecular complexity index is 1240. The van der Waals surface area contributed by atoms with E-state index < -0.39 is 33.4 Å². The number of fused-ring (bicyclic) bond motifs is 1. The zero-order chi connectivity index (χ0) is 27.2. The number of benzene rings is 2. The Hall–Kier alpha value is -2.55. The number of rotatable bonds is 8. The van der Waals surface area contributed by atoms with E-state index in [9.17, 15) is 19.5 Å². The largest absolute Gasteiger partial charge is 0.394 e. The molecule has 0 saturated carbocycles. The van der Waals surface area contributed by atoms with E-state index in [4.69, 9.17) is 11.6 Å². The molecule has 0 aliphatic carbocycles. The molecule has 3 amide bonds. The third kappa shape index (κ3) is 4.40. The van der Waals surface area contributed by atoms with E-state index in [-0.39, 0.29) is 30.2 Å². The van der Waals surface area contributed by atoms with E-state index in [2.05, 4.69) is 10.6 Å². The molecule has 1 spiro atoms. The Labute approximate surface area is 232 Å². The Morgan fingerprint density at radius 2 is 1.76 bits per heavy atom. The van der Waals surface area contributed by atoms with Gasteiger partial charge in [0.1, 0.15) is 6.04 Å². The number of carbonyl (C=O) groups is 3. The molecular weight excluding hydrogens is 522 g/mol. The van der Waals surface area contributed by atoms with Crippen LogP contribution in [0, 0.1) is 17.8 Å². The second kappa shape index (κ2) is 10.2. The lowest BCUT2D eigenvalue weighted by Gasteiger charge is -2.37. The number of nitrogens with one attached hydrogen (secondary N) is 2. The Kier molecular flexibility index (Phi) is 7.26. The summed E-state index contributed by atoms with van der Waals surface area (Å²) >= 11 is 7.96. The summed E-state index contributed by atoms with van der Waals surface area (Å²) in [5.41, 5.74) is 1.14. The van der Waals surface area contributed by atoms with Crippen LogP contribution in [0.1, 0.15) is 40.0 Å². The molecule has 9 heteroatoms. The number of nitrogens with zero attached hydrogens (tertiary/aromatic N) is 1. The van der Waals surface area contributed by atoms with Crippen molar-refractivity contribution >= 4 is 52.5 Å². The molecule has 202 valence electrons. The van der Waals surface area contributed by atoms with Crippen molar-refractivity contribution < 1.29 is 19.5 Å². The zero-order valence-electron chi connectivity index (χ0n) is 21.8. The van der Waals surface area contributed by atoms with Crippen LogP contribution in [0.5, 0.6) is 0 Å². The maximum Gasteiger partial charge on any atom is 0.248 e. The molecule has 2 bridgehead atoms. The van der Waals surface area contributed by atoms with Crippen LogP contribution in [0.2, 0.25) is 5.02 Å². The van der Waals surface area contributed by atoms with E-state index in [0.29, 0.717) is 35.7 Å². The molecule has 3 heterocycles. The minimum Gasteiger partial charge on any atom is -0.394 e. The Morgan fingerprint density at radius 1 is 1.08 bits per heavy atom. The van der Waals surface area contributed by atoms with E-state index in [1.165, 1.54) is 0 Å². The summed E-state index contributed by atoms with van der Waals surface area (Å²) in [6.07, 6.45) is 1.90. The van der Waals surface area contributed by atoms with Crippen molar-refractivity contribution in [3.63, 3.8) is 0 Å². The van der Waals surface area contributed by atoms with Gasteiger partial charge in [0.05, 0.1) is 39.9 Å². The van der Waals surface area contributed by atoms with Crippen molar-refractivity contribution in [2.45, 2.75) is 61.6 Å². The number of amides is 3. The van der Waals surface area contributed by atoms with Gasteiger partial charge in [0.25, 0.3) is 0 Å². The van der Waals surface area contributed by atoms with Crippen molar-refractivity contribution in [1.29, 1.82) is 0 Å². The van der Waals surface area contributed by atoms with E-state index in [1.807, 2.05) is 51.1 Å². The van der Waals surface area contributed by atoms with Crippen LogP contribution >= 0.6 is 23.4 Å². The summed E-state index contributed by atoms with van der Waals surface area (Å²) in [4.78, 5) is 43.7. The fraction of sp³-hybridized carbons (Fsp3) is 0.483. The van der Waals surface area contributed by atoms with Crippen molar-refractivity contribution in [2.24, 2.45) is 17.8 Å². The standard InChI is InChI=1S/C29H34ClN3O4S/c1-17(2)15-19(16-34)33-24(26(36)32-21-12-8-7-11-20(21)30)29-14-13-28(3,38-29)22(23(29)27(33)37)25(35)31-18-9-5-4-6-10-18/h4-12,17,19,22-24,34H,13-16H2,1-3H3,(H,31,35)(H,32,36)/t19-,22-,23+,24?,28+,29?/m1/s1. The lowest BCUT2D eigenvalue weighted by atomic mass is 9.66. The molecule has 0 radical (unpaired) electrons. The molecule has 3 fully saturated rings. The first-order chi connectivity index (χ1) is 18.1. The van der Waals surface area contributed by atoms with Gasteiger partial charge in [-0.2, -0.15) is 0 Å². The molecule has 0 aromatic heterocycles. The van der Waals surface area contributed by atoms with Gasteiger partial charge in [-0.1, -0.05) is 55.8 Å². The maximum atomic E-state index is 14.3. The smallest absolute Gasteiger partial charge is 0.248 e. The summed E-state index contributed by atoms with van der Waals surface area (Å²) in [5, 5.41) is 16.8. The number of likely N-dealkylation sites (tertiary alicyclic amines) is 1. The monoisotopic (exact) mass is 555 g/mol. The number of anilines is 2. The second-order valence-corrected chi connectivity index (χ2v) is 13.6. The molecule has 2 aromatic rings. The number of hydrogen-bond acceptors (Lipinski definition) is 5. The maximum absolute atomic E-state index is 14.3. The van der Waals surface area contributed by atoms with Crippen LogP contribution < -0.4 is 10.6 Å². The summed E-state index contributed by atoms with van der Waals surface area (Å²) in [5.74, 6) is -1.84. The SMILES string of the molecule is CC(C)C[C@H](CO)N1C(=O)[C@@H]2[C@H](C(=O)Nc3ccccc3)[C@]3(C)CCC2(S3)C1C(=O)Nc1ccccc1Cl. The molecule has 3 aliphatic heterocycles. The number of para-hydroxylation sites is 2. The minimum atomic E-state index is -0.839. The highest BCUT2D eigenvalue weighted by Gasteiger charge is 2.77. The van der Waals surface area contributed by atoms with Gasteiger partial charge in [-0.3, -0.25) is 14.4 Å². The summed E-state index contributed by atoms with van der Waals surface area (Å²) < 4.78 is -1.26. The van der Waals surface area contributed by atoms with Gasteiger partial charge in [-0.15, -0.1) is 11.8 Å². The fourth-order valence-electron chi connectivity index (χ4n) is 6.78. The number of aliphatic hydroxyl groups excluding tert-OH is 1. The topological polar surface area (TPSA) is 98.7 Å². The summed E-state index contributed by atoms with van der Waals surface area (Å²) in [7, 11) is 0. The Balaban J connectivity index is 1.55. The average Bonchev–Trinajstić information content (AvgIpc) is 3.45. The molecule has 6 atom stereocenters. The molecule has 5 rings (SSSR count). The van der Waals surface area contributed by atoms with Gasteiger partial charge in [0, 0.05) is 10.4 Å². The van der Waals surface area contributed by atoms with Gasteiger partial charge in [0.15, 0.2) is 0 Å². The molecular formula is C29H34ClN3O4S. The van der Waals surface area contributed by atoms with Crippen LogP contribution in [-0.4, -0.2) is 55.9 Å². The minimum absolute atomic E-state index is 0.198.